The summed E-state index contributed by atoms with van der Waals surface area (Å²) < 4.78 is 0. The second-order valence-electron chi connectivity index (χ2n) is 5.07. The highest BCUT2D eigenvalue weighted by Gasteiger charge is 2.29. The SMILES string of the molecule is CCC(CC)(CO)CN(C)C(=O)c1ccc(C#N)nc1. The lowest BCUT2D eigenvalue weighted by atomic mass is 9.82. The fraction of sp³-hybridized carbons (Fsp3) is 0.533. The number of rotatable bonds is 6. The predicted octanol–water partition coefficient (Wildman–Crippen LogP) is 1.82. The first-order valence-electron chi connectivity index (χ1n) is 6.74. The minimum Gasteiger partial charge on any atom is -0.396 e. The fourth-order valence-corrected chi connectivity index (χ4v) is 2.13. The van der Waals surface area contributed by atoms with E-state index in [4.69, 9.17) is 5.26 Å². The molecule has 1 amide bonds. The first-order valence-corrected chi connectivity index (χ1v) is 6.74. The molecule has 1 N–H and O–H groups in total. The van der Waals surface area contributed by atoms with Gasteiger partial charge in [0.15, 0.2) is 0 Å². The number of nitriles is 1. The molecule has 0 fully saturated rings. The molecule has 1 aromatic rings. The average molecular weight is 275 g/mol. The van der Waals surface area contributed by atoms with Crippen molar-refractivity contribution in [1.29, 1.82) is 5.26 Å². The highest BCUT2D eigenvalue weighted by atomic mass is 16.3. The number of carbonyl (C=O) groups is 1. The second kappa shape index (κ2) is 7.01. The van der Waals surface area contributed by atoms with Gasteiger partial charge >= 0.3 is 0 Å². The Labute approximate surface area is 119 Å². The number of nitrogens with zero attached hydrogens (tertiary/aromatic N) is 3. The normalized spacial score (nSPS) is 10.9. The molecule has 0 atom stereocenters. The lowest BCUT2D eigenvalue weighted by molar-refractivity contribution is 0.0544. The molecule has 5 heteroatoms. The third-order valence-electron chi connectivity index (χ3n) is 3.88. The van der Waals surface area contributed by atoms with E-state index in [2.05, 4.69) is 4.98 Å². The minimum atomic E-state index is -0.259. The molecule has 0 aliphatic rings. The summed E-state index contributed by atoms with van der Waals surface area (Å²) in [7, 11) is 1.72. The first kappa shape index (κ1) is 16.1. The molecular weight excluding hydrogens is 254 g/mol. The van der Waals surface area contributed by atoms with Gasteiger partial charge in [0.25, 0.3) is 5.91 Å². The van der Waals surface area contributed by atoms with Crippen LogP contribution < -0.4 is 0 Å². The van der Waals surface area contributed by atoms with E-state index in [1.807, 2.05) is 19.9 Å². The van der Waals surface area contributed by atoms with Gasteiger partial charge in [-0.3, -0.25) is 4.79 Å². The zero-order chi connectivity index (χ0) is 15.2. The van der Waals surface area contributed by atoms with Crippen molar-refractivity contribution in [1.82, 2.24) is 9.88 Å². The number of hydrogen-bond acceptors (Lipinski definition) is 4. The molecule has 1 heterocycles. The standard InChI is InChI=1S/C15H21N3O2/c1-4-15(5-2,11-19)10-18(3)14(20)12-6-7-13(8-16)17-9-12/h6-7,9,19H,4-5,10-11H2,1-3H3. The van der Waals surface area contributed by atoms with E-state index in [1.54, 1.807) is 18.0 Å². The third-order valence-corrected chi connectivity index (χ3v) is 3.88. The Morgan fingerprint density at radius 2 is 2.10 bits per heavy atom. The van der Waals surface area contributed by atoms with Gasteiger partial charge in [0.2, 0.25) is 0 Å². The number of pyridine rings is 1. The first-order chi connectivity index (χ1) is 9.51. The van der Waals surface area contributed by atoms with Crippen LogP contribution in [0.3, 0.4) is 0 Å². The molecule has 0 saturated carbocycles. The summed E-state index contributed by atoms with van der Waals surface area (Å²) in [4.78, 5) is 17.8. The monoisotopic (exact) mass is 275 g/mol. The predicted molar refractivity (Wildman–Crippen MR) is 76.0 cm³/mol. The Hall–Kier alpha value is -1.93. The Morgan fingerprint density at radius 3 is 2.50 bits per heavy atom. The second-order valence-corrected chi connectivity index (χ2v) is 5.07. The van der Waals surface area contributed by atoms with Gasteiger partial charge in [-0.05, 0) is 25.0 Å². The lowest BCUT2D eigenvalue weighted by Crippen LogP contribution is -2.40. The van der Waals surface area contributed by atoms with Crippen LogP contribution in [0.15, 0.2) is 18.3 Å². The Kier molecular flexibility index (Phi) is 5.66. The van der Waals surface area contributed by atoms with Gasteiger partial charge in [0.1, 0.15) is 11.8 Å². The van der Waals surface area contributed by atoms with Crippen molar-refractivity contribution in [2.75, 3.05) is 20.2 Å². The van der Waals surface area contributed by atoms with Crippen molar-refractivity contribution in [2.45, 2.75) is 26.7 Å². The van der Waals surface area contributed by atoms with E-state index in [-0.39, 0.29) is 23.6 Å². The van der Waals surface area contributed by atoms with Crippen LogP contribution >= 0.6 is 0 Å². The average Bonchev–Trinajstić information content (AvgIpc) is 2.52. The molecule has 0 aliphatic heterocycles. The maximum Gasteiger partial charge on any atom is 0.255 e. The van der Waals surface area contributed by atoms with E-state index >= 15 is 0 Å². The highest BCUT2D eigenvalue weighted by Crippen LogP contribution is 2.26. The summed E-state index contributed by atoms with van der Waals surface area (Å²) in [5.74, 6) is -0.151. The molecule has 0 unspecified atom stereocenters. The largest absolute Gasteiger partial charge is 0.396 e. The number of aliphatic hydroxyl groups is 1. The zero-order valence-corrected chi connectivity index (χ0v) is 12.3. The summed E-state index contributed by atoms with van der Waals surface area (Å²) in [6.07, 6.45) is 3.03. The van der Waals surface area contributed by atoms with Crippen LogP contribution in [0.4, 0.5) is 0 Å². The van der Waals surface area contributed by atoms with Crippen molar-refractivity contribution in [3.63, 3.8) is 0 Å². The molecule has 0 aliphatic carbocycles. The van der Waals surface area contributed by atoms with Crippen molar-refractivity contribution >= 4 is 5.91 Å². The van der Waals surface area contributed by atoms with Gasteiger partial charge in [0, 0.05) is 25.2 Å². The Bertz CT molecular complexity index is 479. The van der Waals surface area contributed by atoms with Crippen LogP contribution in [0.1, 0.15) is 42.7 Å². The smallest absolute Gasteiger partial charge is 0.255 e. The van der Waals surface area contributed by atoms with Crippen LogP contribution in [0, 0.1) is 16.7 Å². The van der Waals surface area contributed by atoms with E-state index in [1.165, 1.54) is 12.3 Å². The quantitative estimate of drug-likeness (QED) is 0.859. The van der Waals surface area contributed by atoms with Crippen LogP contribution in [-0.2, 0) is 0 Å². The van der Waals surface area contributed by atoms with Gasteiger partial charge in [-0.15, -0.1) is 0 Å². The van der Waals surface area contributed by atoms with Gasteiger partial charge in [-0.2, -0.15) is 5.26 Å². The number of aromatic nitrogens is 1. The molecule has 0 bridgehead atoms. The van der Waals surface area contributed by atoms with Crippen LogP contribution in [-0.4, -0.2) is 41.1 Å². The molecular formula is C15H21N3O2. The van der Waals surface area contributed by atoms with Crippen LogP contribution in [0.2, 0.25) is 0 Å². The highest BCUT2D eigenvalue weighted by molar-refractivity contribution is 5.93. The van der Waals surface area contributed by atoms with Gasteiger partial charge < -0.3 is 10.0 Å². The third kappa shape index (κ3) is 3.55. The Morgan fingerprint density at radius 1 is 1.45 bits per heavy atom. The molecule has 0 aromatic carbocycles. The van der Waals surface area contributed by atoms with Crippen LogP contribution in [0.5, 0.6) is 0 Å². The van der Waals surface area contributed by atoms with Crippen molar-refractivity contribution < 1.29 is 9.90 Å². The Balaban J connectivity index is 2.83. The summed E-state index contributed by atoms with van der Waals surface area (Å²) in [6, 6.07) is 5.05. The van der Waals surface area contributed by atoms with Gasteiger partial charge in [-0.25, -0.2) is 4.98 Å². The van der Waals surface area contributed by atoms with Gasteiger partial charge in [-0.1, -0.05) is 13.8 Å². The van der Waals surface area contributed by atoms with E-state index in [9.17, 15) is 9.90 Å². The van der Waals surface area contributed by atoms with E-state index in [0.29, 0.717) is 12.1 Å². The fourth-order valence-electron chi connectivity index (χ4n) is 2.13. The molecule has 1 rings (SSSR count). The summed E-state index contributed by atoms with van der Waals surface area (Å²) in [5.41, 5.74) is 0.478. The van der Waals surface area contributed by atoms with Crippen molar-refractivity contribution in [3.05, 3.63) is 29.6 Å². The minimum absolute atomic E-state index is 0.0588. The molecule has 108 valence electrons. The number of hydrogen-bond donors (Lipinski definition) is 1. The molecule has 0 saturated heterocycles. The molecule has 0 radical (unpaired) electrons. The van der Waals surface area contributed by atoms with Crippen LogP contribution in [0.25, 0.3) is 0 Å². The topological polar surface area (TPSA) is 77.2 Å². The number of aliphatic hydroxyl groups excluding tert-OH is 1. The summed E-state index contributed by atoms with van der Waals surface area (Å²) in [6.45, 7) is 4.58. The summed E-state index contributed by atoms with van der Waals surface area (Å²) >= 11 is 0. The molecule has 20 heavy (non-hydrogen) atoms. The van der Waals surface area contributed by atoms with Crippen molar-refractivity contribution in [3.8, 4) is 6.07 Å². The maximum atomic E-state index is 12.3. The number of amides is 1. The van der Waals surface area contributed by atoms with E-state index < -0.39 is 0 Å². The maximum absolute atomic E-state index is 12.3. The number of carbonyl (C=O) groups excluding carboxylic acids is 1. The summed E-state index contributed by atoms with van der Waals surface area (Å²) in [5, 5.41) is 18.2. The van der Waals surface area contributed by atoms with Crippen molar-refractivity contribution in [2.24, 2.45) is 5.41 Å². The molecule has 1 aromatic heterocycles. The lowest BCUT2D eigenvalue weighted by Gasteiger charge is -2.34. The zero-order valence-electron chi connectivity index (χ0n) is 12.3. The molecule has 5 nitrogen and oxygen atoms in total. The van der Waals surface area contributed by atoms with E-state index in [0.717, 1.165) is 12.8 Å². The molecule has 0 spiro atoms. The van der Waals surface area contributed by atoms with Gasteiger partial charge in [0.05, 0.1) is 12.2 Å².